The summed E-state index contributed by atoms with van der Waals surface area (Å²) in [6.07, 6.45) is 2.99. The number of hydrogen-bond acceptors (Lipinski definition) is 6. The molecule has 0 N–H and O–H groups in total. The van der Waals surface area contributed by atoms with E-state index in [1.54, 1.807) is 17.0 Å². The van der Waals surface area contributed by atoms with Crippen molar-refractivity contribution >= 4 is 33.2 Å². The Balaban J connectivity index is 1.62. The summed E-state index contributed by atoms with van der Waals surface area (Å²) in [5.74, 6) is -1.24. The van der Waals surface area contributed by atoms with E-state index >= 15 is 0 Å². The molecule has 1 fully saturated rings. The van der Waals surface area contributed by atoms with Crippen molar-refractivity contribution in [3.8, 4) is 0 Å². The number of carbonyl (C=O) groups is 2. The SMILES string of the molecule is COC(=O)c1c(S(=O)(=O)N2CCCCC2)sc2c1CCN(C(=O)Cc1cccc(F)c1)C2. The molecule has 10 heteroatoms. The van der Waals surface area contributed by atoms with Gasteiger partial charge in [0.05, 0.1) is 25.6 Å². The number of thiophene rings is 1. The summed E-state index contributed by atoms with van der Waals surface area (Å²) in [4.78, 5) is 27.7. The van der Waals surface area contributed by atoms with Gasteiger partial charge in [-0.3, -0.25) is 4.79 Å². The number of carbonyl (C=O) groups excluding carboxylic acids is 2. The Kier molecular flexibility index (Phi) is 6.64. The number of methoxy groups -OCH3 is 1. The summed E-state index contributed by atoms with van der Waals surface area (Å²) in [6.45, 7) is 1.44. The Hall–Kier alpha value is -2.30. The zero-order chi connectivity index (χ0) is 22.9. The van der Waals surface area contributed by atoms with Crippen LogP contribution in [0.25, 0.3) is 0 Å². The van der Waals surface area contributed by atoms with Gasteiger partial charge in [-0.2, -0.15) is 4.31 Å². The number of amides is 1. The molecule has 1 saturated heterocycles. The van der Waals surface area contributed by atoms with E-state index in [1.807, 2.05) is 0 Å². The van der Waals surface area contributed by atoms with Crippen LogP contribution >= 0.6 is 11.3 Å². The van der Waals surface area contributed by atoms with Gasteiger partial charge in [0.1, 0.15) is 10.0 Å². The Labute approximate surface area is 190 Å². The molecule has 7 nitrogen and oxygen atoms in total. The maximum Gasteiger partial charge on any atom is 0.340 e. The molecule has 0 atom stereocenters. The van der Waals surface area contributed by atoms with Crippen molar-refractivity contribution in [3.63, 3.8) is 0 Å². The Morgan fingerprint density at radius 2 is 1.91 bits per heavy atom. The molecular weight excluding hydrogens is 455 g/mol. The van der Waals surface area contributed by atoms with Crippen LogP contribution in [0, 0.1) is 5.82 Å². The number of fused-ring (bicyclic) bond motifs is 1. The third-order valence-electron chi connectivity index (χ3n) is 5.90. The molecule has 1 amide bonds. The van der Waals surface area contributed by atoms with Crippen molar-refractivity contribution in [2.24, 2.45) is 0 Å². The lowest BCUT2D eigenvalue weighted by Gasteiger charge is -2.27. The lowest BCUT2D eigenvalue weighted by atomic mass is 10.0. The van der Waals surface area contributed by atoms with Crippen molar-refractivity contribution in [2.45, 2.75) is 42.9 Å². The van der Waals surface area contributed by atoms with Gasteiger partial charge in [-0.15, -0.1) is 11.3 Å². The molecular formula is C22H25FN2O5S2. The van der Waals surface area contributed by atoms with Crippen LogP contribution in [0.15, 0.2) is 28.5 Å². The average molecular weight is 481 g/mol. The van der Waals surface area contributed by atoms with E-state index < -0.39 is 21.8 Å². The highest BCUT2D eigenvalue weighted by Gasteiger charge is 2.37. The fraction of sp³-hybridized carbons (Fsp3) is 0.455. The molecule has 1 aromatic heterocycles. The fourth-order valence-electron chi connectivity index (χ4n) is 4.24. The maximum atomic E-state index is 13.5. The normalized spacial score (nSPS) is 17.1. The van der Waals surface area contributed by atoms with E-state index in [1.165, 1.54) is 23.5 Å². The standard InChI is InChI=1S/C22H25FN2O5S2/c1-30-21(27)20-17-8-11-24(19(26)13-15-6-5-7-16(23)12-15)14-18(17)31-22(20)32(28,29)25-9-3-2-4-10-25/h5-7,12H,2-4,8-11,13-14H2,1H3. The lowest BCUT2D eigenvalue weighted by Crippen LogP contribution is -2.37. The molecule has 4 rings (SSSR count). The largest absolute Gasteiger partial charge is 0.465 e. The molecule has 0 aliphatic carbocycles. The molecule has 0 bridgehead atoms. The Morgan fingerprint density at radius 1 is 1.16 bits per heavy atom. The molecule has 0 radical (unpaired) electrons. The molecule has 0 spiro atoms. The van der Waals surface area contributed by atoms with Crippen LogP contribution in [0.1, 0.15) is 45.6 Å². The van der Waals surface area contributed by atoms with Crippen molar-refractivity contribution < 1.29 is 27.1 Å². The fourth-order valence-corrected chi connectivity index (χ4v) is 7.79. The van der Waals surface area contributed by atoms with Gasteiger partial charge in [-0.05, 0) is 42.5 Å². The van der Waals surface area contributed by atoms with Gasteiger partial charge in [0.2, 0.25) is 5.91 Å². The topological polar surface area (TPSA) is 84.0 Å². The molecule has 172 valence electrons. The number of benzene rings is 1. The second-order valence-electron chi connectivity index (χ2n) is 7.99. The highest BCUT2D eigenvalue weighted by molar-refractivity contribution is 7.91. The minimum atomic E-state index is -3.83. The quantitative estimate of drug-likeness (QED) is 0.615. The van der Waals surface area contributed by atoms with E-state index in [0.717, 1.165) is 30.6 Å². The molecule has 0 saturated carbocycles. The van der Waals surface area contributed by atoms with Crippen LogP contribution in [0.3, 0.4) is 0 Å². The smallest absolute Gasteiger partial charge is 0.340 e. The number of nitrogens with zero attached hydrogens (tertiary/aromatic N) is 2. The first kappa shape index (κ1) is 22.9. The average Bonchev–Trinajstić information content (AvgIpc) is 3.19. The lowest BCUT2D eigenvalue weighted by molar-refractivity contribution is -0.131. The van der Waals surface area contributed by atoms with Gasteiger partial charge in [-0.25, -0.2) is 17.6 Å². The highest BCUT2D eigenvalue weighted by atomic mass is 32.2. The van der Waals surface area contributed by atoms with Crippen LogP contribution in [0.2, 0.25) is 0 Å². The molecule has 3 heterocycles. The van der Waals surface area contributed by atoms with Crippen LogP contribution in [-0.2, 0) is 38.9 Å². The van der Waals surface area contributed by atoms with Gasteiger partial charge in [0, 0.05) is 24.5 Å². The van der Waals surface area contributed by atoms with Gasteiger partial charge in [0.15, 0.2) is 0 Å². The summed E-state index contributed by atoms with van der Waals surface area (Å²) in [5.41, 5.74) is 1.33. The summed E-state index contributed by atoms with van der Waals surface area (Å²) in [6, 6.07) is 5.91. The van der Waals surface area contributed by atoms with Gasteiger partial charge in [0.25, 0.3) is 10.0 Å². The summed E-state index contributed by atoms with van der Waals surface area (Å²) >= 11 is 1.05. The molecule has 2 aliphatic heterocycles. The number of sulfonamides is 1. The van der Waals surface area contributed by atoms with Crippen LogP contribution in [0.5, 0.6) is 0 Å². The number of esters is 1. The first-order chi connectivity index (χ1) is 15.3. The van der Waals surface area contributed by atoms with Crippen molar-refractivity contribution in [3.05, 3.63) is 51.7 Å². The number of ether oxygens (including phenoxy) is 1. The number of rotatable bonds is 5. The van der Waals surface area contributed by atoms with Gasteiger partial charge in [-0.1, -0.05) is 18.6 Å². The van der Waals surface area contributed by atoms with E-state index in [-0.39, 0.29) is 28.6 Å². The van der Waals surface area contributed by atoms with Crippen molar-refractivity contribution in [2.75, 3.05) is 26.7 Å². The molecule has 0 unspecified atom stereocenters. The molecule has 32 heavy (non-hydrogen) atoms. The van der Waals surface area contributed by atoms with Crippen molar-refractivity contribution in [1.29, 1.82) is 0 Å². The van der Waals surface area contributed by atoms with Crippen molar-refractivity contribution in [1.82, 2.24) is 9.21 Å². The zero-order valence-electron chi connectivity index (χ0n) is 17.8. The number of piperidine rings is 1. The predicted molar refractivity (Wildman–Crippen MR) is 117 cm³/mol. The predicted octanol–water partition coefficient (Wildman–Crippen LogP) is 2.98. The van der Waals surface area contributed by atoms with E-state index in [0.29, 0.717) is 42.1 Å². The summed E-state index contributed by atoms with van der Waals surface area (Å²) in [7, 11) is -2.59. The minimum Gasteiger partial charge on any atom is -0.465 e. The molecule has 2 aliphatic rings. The Morgan fingerprint density at radius 3 is 2.59 bits per heavy atom. The van der Waals surface area contributed by atoms with E-state index in [9.17, 15) is 22.4 Å². The zero-order valence-corrected chi connectivity index (χ0v) is 19.4. The summed E-state index contributed by atoms with van der Waals surface area (Å²) in [5, 5.41) is 0. The van der Waals surface area contributed by atoms with Crippen LogP contribution < -0.4 is 0 Å². The van der Waals surface area contributed by atoms with E-state index in [2.05, 4.69) is 0 Å². The maximum absolute atomic E-state index is 13.5. The number of halogens is 1. The molecule has 1 aromatic carbocycles. The van der Waals surface area contributed by atoms with E-state index in [4.69, 9.17) is 4.74 Å². The van der Waals surface area contributed by atoms with Gasteiger partial charge >= 0.3 is 5.97 Å². The van der Waals surface area contributed by atoms with Crippen LogP contribution in [0.4, 0.5) is 4.39 Å². The van der Waals surface area contributed by atoms with Crippen LogP contribution in [-0.4, -0.2) is 56.2 Å². The third-order valence-corrected chi connectivity index (χ3v) is 9.51. The van der Waals surface area contributed by atoms with Gasteiger partial charge < -0.3 is 9.64 Å². The summed E-state index contributed by atoms with van der Waals surface area (Å²) < 4.78 is 46.5. The highest BCUT2D eigenvalue weighted by Crippen LogP contribution is 2.38. The monoisotopic (exact) mass is 480 g/mol. The minimum absolute atomic E-state index is 0.00989. The Bertz CT molecular complexity index is 1140. The number of hydrogen-bond donors (Lipinski definition) is 0. The third kappa shape index (κ3) is 4.44. The first-order valence-electron chi connectivity index (χ1n) is 10.6. The second-order valence-corrected chi connectivity index (χ2v) is 11.2. The molecule has 2 aromatic rings. The second kappa shape index (κ2) is 9.29. The first-order valence-corrected chi connectivity index (χ1v) is 12.8.